The highest BCUT2D eigenvalue weighted by molar-refractivity contribution is 5.79. The largest absolute Gasteiger partial charge is 0.493 e. The number of carbonyl (C=O) groups is 1. The molecule has 0 radical (unpaired) electrons. The van der Waals surface area contributed by atoms with E-state index in [0.29, 0.717) is 18.7 Å². The molecule has 0 fully saturated rings. The first-order chi connectivity index (χ1) is 16.5. The lowest BCUT2D eigenvalue weighted by Gasteiger charge is -2.13. The average Bonchev–Trinajstić information content (AvgIpc) is 3.48. The number of aliphatic carboxylic acids is 1. The number of nitrogens with zero attached hydrogens (tertiary/aromatic N) is 2. The summed E-state index contributed by atoms with van der Waals surface area (Å²) in [4.78, 5) is 15.7. The van der Waals surface area contributed by atoms with Crippen molar-refractivity contribution in [2.24, 2.45) is 0 Å². The highest BCUT2D eigenvalue weighted by Crippen LogP contribution is 2.43. The molecule has 1 N–H and O–H groups in total. The molecule has 0 spiro atoms. The molecule has 1 unspecified atom stereocenters. The maximum Gasteiger partial charge on any atom is 0.304 e. The van der Waals surface area contributed by atoms with Gasteiger partial charge >= 0.3 is 5.97 Å². The van der Waals surface area contributed by atoms with Crippen LogP contribution in [0.5, 0.6) is 11.5 Å². The first-order valence-electron chi connectivity index (χ1n) is 11.4. The van der Waals surface area contributed by atoms with E-state index in [1.54, 1.807) is 6.07 Å². The van der Waals surface area contributed by atoms with Crippen LogP contribution < -0.4 is 9.47 Å². The Bertz CT molecular complexity index is 1440. The van der Waals surface area contributed by atoms with Crippen molar-refractivity contribution in [3.05, 3.63) is 82.9 Å². The van der Waals surface area contributed by atoms with Crippen LogP contribution in [0.25, 0.3) is 16.7 Å². The SMILES string of the molecule is Cc1nc2ccc(F)cc2n1-c1cccc2c1OCC2Cc1ccc2c(c1)OC[C@H]2CC(=O)O. The normalized spacial score (nSPS) is 18.4. The molecular formula is C27H23FN2O4. The summed E-state index contributed by atoms with van der Waals surface area (Å²) < 4.78 is 27.9. The molecule has 6 nitrogen and oxygen atoms in total. The number of hydrogen-bond acceptors (Lipinski definition) is 4. The van der Waals surface area contributed by atoms with Gasteiger partial charge in [0.05, 0.1) is 36.4 Å². The third kappa shape index (κ3) is 3.39. The number of imidazole rings is 1. The number of para-hydroxylation sites is 1. The van der Waals surface area contributed by atoms with E-state index in [1.165, 1.54) is 12.1 Å². The van der Waals surface area contributed by atoms with E-state index in [2.05, 4.69) is 17.1 Å². The van der Waals surface area contributed by atoms with E-state index in [9.17, 15) is 9.18 Å². The van der Waals surface area contributed by atoms with E-state index >= 15 is 0 Å². The van der Waals surface area contributed by atoms with Crippen molar-refractivity contribution in [2.45, 2.75) is 31.6 Å². The highest BCUT2D eigenvalue weighted by atomic mass is 19.1. The van der Waals surface area contributed by atoms with Gasteiger partial charge in [0.25, 0.3) is 0 Å². The van der Waals surface area contributed by atoms with Crippen molar-refractivity contribution >= 4 is 17.0 Å². The summed E-state index contributed by atoms with van der Waals surface area (Å²) in [5, 5.41) is 9.12. The van der Waals surface area contributed by atoms with Crippen LogP contribution in [-0.2, 0) is 11.2 Å². The minimum absolute atomic E-state index is 0.0746. The van der Waals surface area contributed by atoms with Gasteiger partial charge in [0.2, 0.25) is 0 Å². The van der Waals surface area contributed by atoms with Crippen LogP contribution in [0.2, 0.25) is 0 Å². The van der Waals surface area contributed by atoms with E-state index in [1.807, 2.05) is 35.8 Å². The standard InChI is InChI=1S/C27H23FN2O4/c1-15-29-22-8-6-19(28)12-24(22)30(15)23-4-2-3-21-17(14-34-27(21)23)9-16-5-7-20-18(11-26(31)32)13-33-25(20)10-16/h2-8,10,12,17-18H,9,11,13-14H2,1H3,(H,31,32)/t17?,18-/m1/s1. The molecule has 3 heterocycles. The van der Waals surface area contributed by atoms with Crippen LogP contribution in [0.4, 0.5) is 4.39 Å². The summed E-state index contributed by atoms with van der Waals surface area (Å²) in [6.07, 6.45) is 0.847. The lowest BCUT2D eigenvalue weighted by molar-refractivity contribution is -0.137. The number of benzene rings is 3. The van der Waals surface area contributed by atoms with Gasteiger partial charge in [0.15, 0.2) is 0 Å². The minimum Gasteiger partial charge on any atom is -0.493 e. The number of fused-ring (bicyclic) bond motifs is 3. The summed E-state index contributed by atoms with van der Waals surface area (Å²) in [5.41, 5.74) is 5.51. The second-order valence-electron chi connectivity index (χ2n) is 9.01. The molecule has 0 amide bonds. The van der Waals surface area contributed by atoms with E-state index in [0.717, 1.165) is 51.6 Å². The van der Waals surface area contributed by atoms with Gasteiger partial charge < -0.3 is 14.6 Å². The fraction of sp³-hybridized carbons (Fsp3) is 0.259. The quantitative estimate of drug-likeness (QED) is 0.448. The molecule has 1 aromatic heterocycles. The monoisotopic (exact) mass is 458 g/mol. The first kappa shape index (κ1) is 20.7. The zero-order valence-electron chi connectivity index (χ0n) is 18.6. The third-order valence-electron chi connectivity index (χ3n) is 6.78. The topological polar surface area (TPSA) is 73.6 Å². The Morgan fingerprint density at radius 1 is 1.09 bits per heavy atom. The lowest BCUT2D eigenvalue weighted by atomic mass is 9.91. The molecule has 7 heteroatoms. The van der Waals surface area contributed by atoms with Gasteiger partial charge in [-0.2, -0.15) is 0 Å². The Morgan fingerprint density at radius 2 is 1.94 bits per heavy atom. The smallest absolute Gasteiger partial charge is 0.304 e. The Balaban J connectivity index is 1.31. The Hall–Kier alpha value is -3.87. The molecule has 6 rings (SSSR count). The predicted octanol–water partition coefficient (Wildman–Crippen LogP) is 5.14. The molecule has 2 atom stereocenters. The number of aryl methyl sites for hydroxylation is 1. The van der Waals surface area contributed by atoms with Gasteiger partial charge in [-0.05, 0) is 43.2 Å². The molecule has 3 aromatic carbocycles. The third-order valence-corrected chi connectivity index (χ3v) is 6.78. The molecule has 172 valence electrons. The molecule has 0 bridgehead atoms. The number of carboxylic acids is 1. The van der Waals surface area contributed by atoms with Crippen molar-refractivity contribution in [3.63, 3.8) is 0 Å². The molecule has 0 saturated heterocycles. The maximum atomic E-state index is 14.0. The van der Waals surface area contributed by atoms with Gasteiger partial charge in [-0.3, -0.25) is 9.36 Å². The number of aromatic nitrogens is 2. The lowest BCUT2D eigenvalue weighted by Crippen LogP contribution is -2.07. The maximum absolute atomic E-state index is 14.0. The zero-order chi connectivity index (χ0) is 23.4. The van der Waals surface area contributed by atoms with Crippen LogP contribution in [0, 0.1) is 12.7 Å². The molecule has 4 aromatic rings. The van der Waals surface area contributed by atoms with Gasteiger partial charge in [-0.15, -0.1) is 0 Å². The summed E-state index contributed by atoms with van der Waals surface area (Å²) in [7, 11) is 0. The van der Waals surface area contributed by atoms with E-state index in [4.69, 9.17) is 14.6 Å². The Morgan fingerprint density at radius 3 is 2.79 bits per heavy atom. The molecule has 0 aliphatic carbocycles. The fourth-order valence-electron chi connectivity index (χ4n) is 5.22. The Labute approximate surface area is 195 Å². The molecule has 2 aliphatic rings. The summed E-state index contributed by atoms with van der Waals surface area (Å²) in [6.45, 7) is 2.86. The van der Waals surface area contributed by atoms with E-state index < -0.39 is 5.97 Å². The van der Waals surface area contributed by atoms with Crippen LogP contribution in [0.1, 0.15) is 40.8 Å². The first-order valence-corrected chi connectivity index (χ1v) is 11.4. The predicted molar refractivity (Wildman–Crippen MR) is 125 cm³/mol. The van der Waals surface area contributed by atoms with Gasteiger partial charge in [-0.25, -0.2) is 9.37 Å². The van der Waals surface area contributed by atoms with E-state index in [-0.39, 0.29) is 24.1 Å². The van der Waals surface area contributed by atoms with Crippen LogP contribution in [-0.4, -0.2) is 33.8 Å². The molecule has 2 aliphatic heterocycles. The number of carboxylic acid groups (broad SMARTS) is 1. The van der Waals surface area contributed by atoms with Gasteiger partial charge in [0.1, 0.15) is 23.1 Å². The Kier molecular flexibility index (Phi) is 4.79. The number of hydrogen-bond donors (Lipinski definition) is 1. The van der Waals surface area contributed by atoms with Crippen molar-refractivity contribution in [3.8, 4) is 17.2 Å². The van der Waals surface area contributed by atoms with Gasteiger partial charge in [0, 0.05) is 29.0 Å². The number of rotatable bonds is 5. The summed E-state index contributed by atoms with van der Waals surface area (Å²) in [6, 6.07) is 16.8. The summed E-state index contributed by atoms with van der Waals surface area (Å²) in [5.74, 6) is 1.30. The van der Waals surface area contributed by atoms with Crippen molar-refractivity contribution in [2.75, 3.05) is 13.2 Å². The molecule has 34 heavy (non-hydrogen) atoms. The van der Waals surface area contributed by atoms with Crippen LogP contribution >= 0.6 is 0 Å². The van der Waals surface area contributed by atoms with Crippen LogP contribution in [0.3, 0.4) is 0 Å². The minimum atomic E-state index is -0.815. The van der Waals surface area contributed by atoms with Gasteiger partial charge in [-0.1, -0.05) is 24.3 Å². The zero-order valence-corrected chi connectivity index (χ0v) is 18.6. The molecular weight excluding hydrogens is 435 g/mol. The van der Waals surface area contributed by atoms with Crippen molar-refractivity contribution < 1.29 is 23.8 Å². The highest BCUT2D eigenvalue weighted by Gasteiger charge is 2.30. The average molecular weight is 458 g/mol. The number of halogens is 1. The second-order valence-corrected chi connectivity index (χ2v) is 9.01. The summed E-state index contributed by atoms with van der Waals surface area (Å²) >= 11 is 0. The van der Waals surface area contributed by atoms with Crippen LogP contribution in [0.15, 0.2) is 54.6 Å². The fourth-order valence-corrected chi connectivity index (χ4v) is 5.22. The number of ether oxygens (including phenoxy) is 2. The molecule has 0 saturated carbocycles. The van der Waals surface area contributed by atoms with Crippen molar-refractivity contribution in [1.82, 2.24) is 9.55 Å². The van der Waals surface area contributed by atoms with Crippen molar-refractivity contribution in [1.29, 1.82) is 0 Å². The second kappa shape index (κ2) is 7.87.